The predicted octanol–water partition coefficient (Wildman–Crippen LogP) is 1.04. The molecule has 0 unspecified atom stereocenters. The van der Waals surface area contributed by atoms with Gasteiger partial charge in [0.25, 0.3) is 0 Å². The number of ether oxygens (including phenoxy) is 1. The highest BCUT2D eigenvalue weighted by molar-refractivity contribution is 5.82. The van der Waals surface area contributed by atoms with Crippen molar-refractivity contribution in [1.29, 1.82) is 0 Å². The molecule has 9 heteroatoms. The Kier molecular flexibility index (Phi) is 5.08. The van der Waals surface area contributed by atoms with E-state index >= 15 is 0 Å². The Morgan fingerprint density at radius 2 is 1.81 bits per heavy atom. The molecule has 1 heterocycles. The van der Waals surface area contributed by atoms with Crippen LogP contribution in [0.3, 0.4) is 0 Å². The van der Waals surface area contributed by atoms with Crippen molar-refractivity contribution in [2.75, 3.05) is 13.1 Å². The van der Waals surface area contributed by atoms with Gasteiger partial charge in [-0.25, -0.2) is 4.79 Å². The molecule has 1 aliphatic heterocycles. The largest absolute Gasteiger partial charge is 0.471 e. The number of piperidine rings is 1. The molecule has 1 aliphatic rings. The number of halogens is 3. The molecular weight excluding hydrogens is 293 g/mol. The molecule has 0 aromatic heterocycles. The van der Waals surface area contributed by atoms with E-state index < -0.39 is 35.9 Å². The van der Waals surface area contributed by atoms with Crippen LogP contribution in [0.5, 0.6) is 0 Å². The van der Waals surface area contributed by atoms with Gasteiger partial charge in [-0.1, -0.05) is 0 Å². The van der Waals surface area contributed by atoms with Crippen molar-refractivity contribution in [2.45, 2.75) is 51.1 Å². The molecule has 0 aliphatic carbocycles. The number of aliphatic hydroxyl groups is 1. The maximum Gasteiger partial charge on any atom is 0.471 e. The van der Waals surface area contributed by atoms with Gasteiger partial charge in [-0.3, -0.25) is 4.79 Å². The van der Waals surface area contributed by atoms with Gasteiger partial charge in [0, 0.05) is 12.6 Å². The standard InChI is InChI=1S/C12H19F3N2O4/c1-11(2,3)21-10(20)17-5-7(4-8(18)6-17)16-9(19)12(13,14)15/h7-8,18H,4-6H2,1-3H3,(H,16,19)/t7-,8+/m0/s1. The molecule has 1 fully saturated rings. The Labute approximate surface area is 120 Å². The van der Waals surface area contributed by atoms with Crippen LogP contribution in [0.2, 0.25) is 0 Å². The second-order valence-electron chi connectivity index (χ2n) is 5.94. The lowest BCUT2D eigenvalue weighted by atomic mass is 10.0. The smallest absolute Gasteiger partial charge is 0.444 e. The number of amides is 2. The third-order valence-electron chi connectivity index (χ3n) is 2.67. The fourth-order valence-electron chi connectivity index (χ4n) is 1.92. The second kappa shape index (κ2) is 6.08. The van der Waals surface area contributed by atoms with Crippen LogP contribution in [0.15, 0.2) is 0 Å². The van der Waals surface area contributed by atoms with Crippen LogP contribution < -0.4 is 5.32 Å². The molecule has 0 aromatic rings. The van der Waals surface area contributed by atoms with E-state index in [-0.39, 0.29) is 19.5 Å². The van der Waals surface area contributed by atoms with E-state index in [4.69, 9.17) is 4.74 Å². The van der Waals surface area contributed by atoms with Crippen molar-refractivity contribution >= 4 is 12.0 Å². The number of aliphatic hydroxyl groups excluding tert-OH is 1. The van der Waals surface area contributed by atoms with Gasteiger partial charge in [-0.15, -0.1) is 0 Å². The third-order valence-corrected chi connectivity index (χ3v) is 2.67. The first-order valence-electron chi connectivity index (χ1n) is 6.42. The van der Waals surface area contributed by atoms with E-state index in [0.29, 0.717) is 0 Å². The number of likely N-dealkylation sites (tertiary alicyclic amines) is 1. The highest BCUT2D eigenvalue weighted by atomic mass is 19.4. The van der Waals surface area contributed by atoms with Gasteiger partial charge in [-0.05, 0) is 27.2 Å². The highest BCUT2D eigenvalue weighted by Gasteiger charge is 2.41. The molecule has 0 spiro atoms. The number of β-amino-alcohol motifs (C(OH)–C–C–N with tert-alkyl or cyclic N) is 1. The van der Waals surface area contributed by atoms with Crippen LogP contribution >= 0.6 is 0 Å². The summed E-state index contributed by atoms with van der Waals surface area (Å²) in [5.74, 6) is -2.09. The number of carbonyl (C=O) groups is 2. The van der Waals surface area contributed by atoms with Gasteiger partial charge >= 0.3 is 18.2 Å². The van der Waals surface area contributed by atoms with Crippen LogP contribution in [0.25, 0.3) is 0 Å². The Balaban J connectivity index is 2.66. The summed E-state index contributed by atoms with van der Waals surface area (Å²) < 4.78 is 41.7. The molecule has 0 saturated carbocycles. The van der Waals surface area contributed by atoms with Crippen LogP contribution in [-0.4, -0.2) is 59.0 Å². The summed E-state index contributed by atoms with van der Waals surface area (Å²) in [7, 11) is 0. The molecule has 2 amide bonds. The zero-order chi connectivity index (χ0) is 16.4. The first-order chi connectivity index (χ1) is 9.38. The molecule has 6 nitrogen and oxygen atoms in total. The Morgan fingerprint density at radius 1 is 1.24 bits per heavy atom. The fraction of sp³-hybridized carbons (Fsp3) is 0.833. The molecule has 0 aromatic carbocycles. The van der Waals surface area contributed by atoms with E-state index in [1.807, 2.05) is 0 Å². The van der Waals surface area contributed by atoms with E-state index in [9.17, 15) is 27.9 Å². The number of nitrogens with zero attached hydrogens (tertiary/aromatic N) is 1. The summed E-state index contributed by atoms with van der Waals surface area (Å²) in [6, 6.07) is -0.976. The summed E-state index contributed by atoms with van der Waals surface area (Å²) in [6.07, 6.45) is -6.82. The number of hydrogen-bond donors (Lipinski definition) is 2. The van der Waals surface area contributed by atoms with Gasteiger partial charge in [0.15, 0.2) is 0 Å². The Bertz CT molecular complexity index is 406. The van der Waals surface area contributed by atoms with Crippen molar-refractivity contribution in [3.05, 3.63) is 0 Å². The van der Waals surface area contributed by atoms with Crippen molar-refractivity contribution in [1.82, 2.24) is 10.2 Å². The van der Waals surface area contributed by atoms with E-state index in [1.165, 1.54) is 0 Å². The quantitative estimate of drug-likeness (QED) is 0.758. The van der Waals surface area contributed by atoms with Crippen LogP contribution in [-0.2, 0) is 9.53 Å². The summed E-state index contributed by atoms with van der Waals surface area (Å²) >= 11 is 0. The topological polar surface area (TPSA) is 78.9 Å². The maximum atomic E-state index is 12.2. The van der Waals surface area contributed by atoms with Gasteiger partial charge in [0.05, 0.1) is 12.6 Å². The lowest BCUT2D eigenvalue weighted by Crippen LogP contribution is -2.56. The molecular formula is C12H19F3N2O4. The number of alkyl halides is 3. The molecule has 1 rings (SSSR count). The number of hydrogen-bond acceptors (Lipinski definition) is 4. The molecule has 122 valence electrons. The molecule has 2 N–H and O–H groups in total. The molecule has 2 atom stereocenters. The third kappa shape index (κ3) is 5.78. The maximum absolute atomic E-state index is 12.2. The SMILES string of the molecule is CC(C)(C)OC(=O)N1C[C@H](O)C[C@H](NC(=O)C(F)(F)F)C1. The Morgan fingerprint density at radius 3 is 2.29 bits per heavy atom. The van der Waals surface area contributed by atoms with Gasteiger partial charge in [0.1, 0.15) is 5.60 Å². The van der Waals surface area contributed by atoms with Gasteiger partial charge < -0.3 is 20.1 Å². The number of rotatable bonds is 1. The minimum atomic E-state index is -5.00. The lowest BCUT2D eigenvalue weighted by molar-refractivity contribution is -0.175. The first kappa shape index (κ1) is 17.5. The van der Waals surface area contributed by atoms with Gasteiger partial charge in [0.2, 0.25) is 0 Å². The van der Waals surface area contributed by atoms with Crippen LogP contribution in [0.1, 0.15) is 27.2 Å². The summed E-state index contributed by atoms with van der Waals surface area (Å²) in [5.41, 5.74) is -0.760. The number of nitrogens with one attached hydrogen (secondary N) is 1. The molecule has 21 heavy (non-hydrogen) atoms. The van der Waals surface area contributed by atoms with Crippen molar-refractivity contribution in [3.63, 3.8) is 0 Å². The number of carbonyl (C=O) groups excluding carboxylic acids is 2. The highest BCUT2D eigenvalue weighted by Crippen LogP contribution is 2.19. The van der Waals surface area contributed by atoms with E-state index in [1.54, 1.807) is 26.1 Å². The average molecular weight is 312 g/mol. The van der Waals surface area contributed by atoms with Crippen LogP contribution in [0, 0.1) is 0 Å². The lowest BCUT2D eigenvalue weighted by Gasteiger charge is -2.36. The molecule has 0 bridgehead atoms. The minimum absolute atomic E-state index is 0.0483. The monoisotopic (exact) mass is 312 g/mol. The van der Waals surface area contributed by atoms with E-state index in [0.717, 1.165) is 4.90 Å². The van der Waals surface area contributed by atoms with Crippen LogP contribution in [0.4, 0.5) is 18.0 Å². The zero-order valence-corrected chi connectivity index (χ0v) is 12.0. The fourth-order valence-corrected chi connectivity index (χ4v) is 1.92. The van der Waals surface area contributed by atoms with Gasteiger partial charge in [-0.2, -0.15) is 13.2 Å². The van der Waals surface area contributed by atoms with Crippen molar-refractivity contribution in [3.8, 4) is 0 Å². The first-order valence-corrected chi connectivity index (χ1v) is 6.42. The molecule has 1 saturated heterocycles. The minimum Gasteiger partial charge on any atom is -0.444 e. The average Bonchev–Trinajstić information content (AvgIpc) is 2.24. The summed E-state index contributed by atoms with van der Waals surface area (Å²) in [4.78, 5) is 23.8. The predicted molar refractivity (Wildman–Crippen MR) is 66.4 cm³/mol. The zero-order valence-electron chi connectivity index (χ0n) is 12.0. The second-order valence-corrected chi connectivity index (χ2v) is 5.94. The van der Waals surface area contributed by atoms with Crippen molar-refractivity contribution < 1.29 is 32.6 Å². The summed E-state index contributed by atoms with van der Waals surface area (Å²) in [6.45, 7) is 4.75. The summed E-state index contributed by atoms with van der Waals surface area (Å²) in [5, 5.41) is 11.4. The Hall–Kier alpha value is -1.51. The van der Waals surface area contributed by atoms with E-state index in [2.05, 4.69) is 0 Å². The molecule has 0 radical (unpaired) electrons. The normalized spacial score (nSPS) is 23.7. The van der Waals surface area contributed by atoms with Crippen molar-refractivity contribution in [2.24, 2.45) is 0 Å².